The maximum atomic E-state index is 11.8. The third-order valence-corrected chi connectivity index (χ3v) is 3.44. The van der Waals surface area contributed by atoms with Crippen molar-refractivity contribution in [1.29, 1.82) is 0 Å². The summed E-state index contributed by atoms with van der Waals surface area (Å²) < 4.78 is 61.9. The molecule has 0 spiro atoms. The van der Waals surface area contributed by atoms with Gasteiger partial charge >= 0.3 is 6.18 Å². The van der Waals surface area contributed by atoms with Crippen molar-refractivity contribution in [3.63, 3.8) is 0 Å². The largest absolute Gasteiger partial charge is 0.390 e. The minimum Gasteiger partial charge on any atom is -0.369 e. The molecule has 0 aliphatic rings. The van der Waals surface area contributed by atoms with Crippen LogP contribution in [0.5, 0.6) is 0 Å². The first-order chi connectivity index (χ1) is 8.57. The van der Waals surface area contributed by atoms with E-state index < -0.39 is 47.0 Å². The molecule has 0 radical (unpaired) electrons. The van der Waals surface area contributed by atoms with E-state index in [9.17, 15) is 26.4 Å². The van der Waals surface area contributed by atoms with Crippen molar-refractivity contribution >= 4 is 16.0 Å². The molecule has 0 fully saturated rings. The second kappa shape index (κ2) is 7.65. The zero-order chi connectivity index (χ0) is 15.1. The van der Waals surface area contributed by atoms with Crippen LogP contribution in [-0.2, 0) is 19.1 Å². The summed E-state index contributed by atoms with van der Waals surface area (Å²) >= 11 is 0. The molecule has 0 saturated heterocycles. The molecule has 1 atom stereocenters. The van der Waals surface area contributed by atoms with E-state index >= 15 is 0 Å². The lowest BCUT2D eigenvalue weighted by atomic mass is 10.1. The molecule has 0 aromatic rings. The van der Waals surface area contributed by atoms with Gasteiger partial charge in [-0.1, -0.05) is 6.92 Å². The molecule has 0 saturated carbocycles. The molecule has 19 heavy (non-hydrogen) atoms. The van der Waals surface area contributed by atoms with E-state index in [1.165, 1.54) is 0 Å². The van der Waals surface area contributed by atoms with E-state index in [1.54, 1.807) is 6.92 Å². The molecular formula is C9H17F3N2O4S. The van der Waals surface area contributed by atoms with Crippen LogP contribution in [0, 0.1) is 5.92 Å². The third kappa shape index (κ3) is 9.68. The highest BCUT2D eigenvalue weighted by atomic mass is 32.2. The van der Waals surface area contributed by atoms with Crippen LogP contribution in [0.25, 0.3) is 0 Å². The van der Waals surface area contributed by atoms with Gasteiger partial charge in [0, 0.05) is 12.5 Å². The quantitative estimate of drug-likeness (QED) is 0.364. The van der Waals surface area contributed by atoms with Gasteiger partial charge in [-0.2, -0.15) is 21.6 Å². The number of hydrogen-bond acceptors (Lipinski definition) is 5. The Morgan fingerprint density at radius 1 is 1.42 bits per heavy atom. The number of alkyl halides is 3. The average Bonchev–Trinajstić information content (AvgIpc) is 2.25. The summed E-state index contributed by atoms with van der Waals surface area (Å²) in [5, 5.41) is 2.49. The first-order valence-corrected chi connectivity index (χ1v) is 7.09. The SMILES string of the molecule is CCC(CNCOS(=O)(=O)CCC(F)(F)F)C(N)=O. The fraction of sp³-hybridized carbons (Fsp3) is 0.889. The molecule has 0 bridgehead atoms. The van der Waals surface area contributed by atoms with Crippen LogP contribution in [0.1, 0.15) is 19.8 Å². The number of carbonyl (C=O) groups is 1. The fourth-order valence-corrected chi connectivity index (χ4v) is 1.97. The van der Waals surface area contributed by atoms with Gasteiger partial charge in [-0.05, 0) is 6.42 Å². The molecule has 1 unspecified atom stereocenters. The number of rotatable bonds is 9. The van der Waals surface area contributed by atoms with Crippen LogP contribution >= 0.6 is 0 Å². The first kappa shape index (κ1) is 18.1. The fourth-order valence-electron chi connectivity index (χ4n) is 1.11. The minimum atomic E-state index is -4.55. The highest BCUT2D eigenvalue weighted by Gasteiger charge is 2.30. The molecule has 114 valence electrons. The lowest BCUT2D eigenvalue weighted by Gasteiger charge is -2.12. The summed E-state index contributed by atoms with van der Waals surface area (Å²) in [6, 6.07) is 0. The van der Waals surface area contributed by atoms with Gasteiger partial charge in [-0.15, -0.1) is 0 Å². The smallest absolute Gasteiger partial charge is 0.369 e. The molecule has 3 N–H and O–H groups in total. The lowest BCUT2D eigenvalue weighted by molar-refractivity contribution is -0.130. The topological polar surface area (TPSA) is 98.5 Å². The number of nitrogens with one attached hydrogen (secondary N) is 1. The van der Waals surface area contributed by atoms with Gasteiger partial charge in [-0.25, -0.2) is 0 Å². The van der Waals surface area contributed by atoms with Gasteiger partial charge < -0.3 is 5.73 Å². The van der Waals surface area contributed by atoms with Crippen molar-refractivity contribution < 1.29 is 30.6 Å². The summed E-state index contributed by atoms with van der Waals surface area (Å²) in [4.78, 5) is 10.8. The van der Waals surface area contributed by atoms with Crippen molar-refractivity contribution in [3.05, 3.63) is 0 Å². The summed E-state index contributed by atoms with van der Waals surface area (Å²) in [6.07, 6.45) is -5.56. The number of amides is 1. The molecule has 0 heterocycles. The maximum absolute atomic E-state index is 11.8. The standard InChI is InChI=1S/C9H17F3N2O4S/c1-2-7(8(13)15)5-14-6-18-19(16,17)4-3-9(10,11)12/h7,14H,2-6H2,1H3,(H2,13,15). The highest BCUT2D eigenvalue weighted by molar-refractivity contribution is 7.86. The Balaban J connectivity index is 3.96. The predicted octanol–water partition coefficient (Wildman–Crippen LogP) is 0.344. The van der Waals surface area contributed by atoms with Gasteiger partial charge in [-0.3, -0.25) is 14.3 Å². The van der Waals surface area contributed by atoms with E-state index in [1.807, 2.05) is 0 Å². The second-order valence-electron chi connectivity index (χ2n) is 3.85. The zero-order valence-electron chi connectivity index (χ0n) is 10.4. The lowest BCUT2D eigenvalue weighted by Crippen LogP contribution is -2.34. The molecule has 1 amide bonds. The molecular weight excluding hydrogens is 289 g/mol. The molecule has 0 aliphatic heterocycles. The Bertz CT molecular complexity index is 383. The number of carbonyl (C=O) groups excluding carboxylic acids is 1. The predicted molar refractivity (Wildman–Crippen MR) is 61.4 cm³/mol. The second-order valence-corrected chi connectivity index (χ2v) is 5.61. The summed E-state index contributed by atoms with van der Waals surface area (Å²) in [6.45, 7) is 1.32. The van der Waals surface area contributed by atoms with Gasteiger partial charge in [0.2, 0.25) is 5.91 Å². The summed E-state index contributed by atoms with van der Waals surface area (Å²) in [7, 11) is -4.24. The van der Waals surface area contributed by atoms with Crippen molar-refractivity contribution in [1.82, 2.24) is 5.32 Å². The van der Waals surface area contributed by atoms with E-state index in [0.29, 0.717) is 6.42 Å². The van der Waals surface area contributed by atoms with Crippen LogP contribution in [0.4, 0.5) is 13.2 Å². The number of hydrogen-bond donors (Lipinski definition) is 2. The average molecular weight is 306 g/mol. The maximum Gasteiger partial charge on any atom is 0.390 e. The van der Waals surface area contributed by atoms with Crippen molar-refractivity contribution in [2.24, 2.45) is 11.7 Å². The minimum absolute atomic E-state index is 0.0978. The molecule has 0 aliphatic carbocycles. The summed E-state index contributed by atoms with van der Waals surface area (Å²) in [5.41, 5.74) is 5.05. The van der Waals surface area contributed by atoms with Crippen molar-refractivity contribution in [3.8, 4) is 0 Å². The monoisotopic (exact) mass is 306 g/mol. The summed E-state index contributed by atoms with van der Waals surface area (Å²) in [5.74, 6) is -2.16. The number of halogens is 3. The van der Waals surface area contributed by atoms with Crippen LogP contribution in [-0.4, -0.2) is 39.5 Å². The van der Waals surface area contributed by atoms with Crippen LogP contribution in [0.15, 0.2) is 0 Å². The Labute approximate surface area is 109 Å². The third-order valence-electron chi connectivity index (χ3n) is 2.26. The van der Waals surface area contributed by atoms with Crippen LogP contribution in [0.2, 0.25) is 0 Å². The van der Waals surface area contributed by atoms with E-state index in [4.69, 9.17) is 5.73 Å². The van der Waals surface area contributed by atoms with Crippen molar-refractivity contribution in [2.45, 2.75) is 25.9 Å². The van der Waals surface area contributed by atoms with E-state index in [-0.39, 0.29) is 6.54 Å². The normalized spacial score (nSPS) is 14.3. The molecule has 0 rings (SSSR count). The first-order valence-electron chi connectivity index (χ1n) is 5.51. The van der Waals surface area contributed by atoms with Gasteiger partial charge in [0.25, 0.3) is 10.1 Å². The Morgan fingerprint density at radius 2 is 2.00 bits per heavy atom. The van der Waals surface area contributed by atoms with Gasteiger partial charge in [0.1, 0.15) is 6.73 Å². The van der Waals surface area contributed by atoms with Gasteiger partial charge in [0.15, 0.2) is 0 Å². The number of nitrogens with two attached hydrogens (primary N) is 1. The van der Waals surface area contributed by atoms with Crippen LogP contribution in [0.3, 0.4) is 0 Å². The van der Waals surface area contributed by atoms with Crippen molar-refractivity contribution in [2.75, 3.05) is 19.0 Å². The molecule has 10 heteroatoms. The number of primary amides is 1. The van der Waals surface area contributed by atoms with Crippen LogP contribution < -0.4 is 11.1 Å². The molecule has 0 aromatic heterocycles. The Morgan fingerprint density at radius 3 is 2.42 bits per heavy atom. The molecule has 6 nitrogen and oxygen atoms in total. The Kier molecular flexibility index (Phi) is 7.30. The van der Waals surface area contributed by atoms with E-state index in [2.05, 4.69) is 9.50 Å². The highest BCUT2D eigenvalue weighted by Crippen LogP contribution is 2.20. The molecule has 0 aromatic carbocycles. The zero-order valence-corrected chi connectivity index (χ0v) is 11.2. The van der Waals surface area contributed by atoms with E-state index in [0.717, 1.165) is 0 Å². The Hall–Kier alpha value is -0.870. The van der Waals surface area contributed by atoms with Gasteiger partial charge in [0.05, 0.1) is 12.2 Å².